The van der Waals surface area contributed by atoms with E-state index in [1.165, 1.54) is 5.69 Å². The third kappa shape index (κ3) is 3.61. The Morgan fingerprint density at radius 2 is 2.07 bits per heavy atom. The Hall–Kier alpha value is -2.63. The molecule has 0 spiro atoms. The molecular weight excluding hydrogens is 338 g/mol. The average Bonchev–Trinajstić information content (AvgIpc) is 3.24. The maximum Gasteiger partial charge on any atom is 0.224 e. The fraction of sp³-hybridized carbons (Fsp3) is 0.476. The van der Waals surface area contributed by atoms with E-state index in [0.29, 0.717) is 12.3 Å². The fourth-order valence-electron chi connectivity index (χ4n) is 4.20. The summed E-state index contributed by atoms with van der Waals surface area (Å²) in [5, 5.41) is 5.67. The summed E-state index contributed by atoms with van der Waals surface area (Å²) in [6.07, 6.45) is 4.30. The van der Waals surface area contributed by atoms with Gasteiger partial charge in [-0.15, -0.1) is 0 Å². The number of aromatic nitrogens is 4. The van der Waals surface area contributed by atoms with Crippen molar-refractivity contribution >= 4 is 16.9 Å². The molecule has 1 aliphatic rings. The third-order valence-corrected chi connectivity index (χ3v) is 5.63. The monoisotopic (exact) mass is 365 g/mol. The summed E-state index contributed by atoms with van der Waals surface area (Å²) in [6.45, 7) is 7.73. The molecule has 1 atom stereocenters. The van der Waals surface area contributed by atoms with Crippen LogP contribution in [0.4, 0.5) is 0 Å². The van der Waals surface area contributed by atoms with E-state index >= 15 is 0 Å². The normalized spacial score (nSPS) is 16.8. The molecule has 142 valence electrons. The summed E-state index contributed by atoms with van der Waals surface area (Å²) in [7, 11) is 0. The Kier molecular flexibility index (Phi) is 4.72. The van der Waals surface area contributed by atoms with Crippen LogP contribution in [0.25, 0.3) is 11.0 Å². The van der Waals surface area contributed by atoms with Gasteiger partial charge in [0.15, 0.2) is 0 Å². The lowest BCUT2D eigenvalue weighted by Gasteiger charge is -2.32. The first-order valence-electron chi connectivity index (χ1n) is 9.75. The molecule has 4 heterocycles. The van der Waals surface area contributed by atoms with Crippen LogP contribution >= 0.6 is 0 Å². The lowest BCUT2D eigenvalue weighted by molar-refractivity contribution is -0.133. The minimum absolute atomic E-state index is 0.0868. The van der Waals surface area contributed by atoms with Gasteiger partial charge < -0.3 is 9.88 Å². The molecular formula is C21H27N5O. The van der Waals surface area contributed by atoms with Gasteiger partial charge in [0, 0.05) is 48.4 Å². The summed E-state index contributed by atoms with van der Waals surface area (Å²) < 4.78 is 1.97. The SMILES string of the molecule is Cc1cc(C)n([C@@H](C)CC(=O)N2CCC(c3cc4cccnc4[nH]3)CC2)n1. The molecule has 1 fully saturated rings. The van der Waals surface area contributed by atoms with E-state index in [-0.39, 0.29) is 11.9 Å². The number of pyridine rings is 1. The second-order valence-corrected chi connectivity index (χ2v) is 7.75. The largest absolute Gasteiger partial charge is 0.343 e. The molecule has 0 saturated carbocycles. The number of amides is 1. The predicted molar refractivity (Wildman–Crippen MR) is 106 cm³/mol. The second kappa shape index (κ2) is 7.18. The number of carbonyl (C=O) groups excluding carboxylic acids is 1. The number of H-pyrrole nitrogens is 1. The maximum atomic E-state index is 12.8. The van der Waals surface area contributed by atoms with Gasteiger partial charge in [-0.05, 0) is 57.9 Å². The number of carbonyl (C=O) groups is 1. The smallest absolute Gasteiger partial charge is 0.224 e. The Balaban J connectivity index is 1.35. The van der Waals surface area contributed by atoms with Gasteiger partial charge >= 0.3 is 0 Å². The van der Waals surface area contributed by atoms with Crippen LogP contribution in [0.1, 0.15) is 55.2 Å². The van der Waals surface area contributed by atoms with Crippen molar-refractivity contribution in [1.29, 1.82) is 0 Å². The number of aryl methyl sites for hydroxylation is 2. The highest BCUT2D eigenvalue weighted by molar-refractivity contribution is 5.77. The van der Waals surface area contributed by atoms with Gasteiger partial charge in [-0.25, -0.2) is 4.98 Å². The van der Waals surface area contributed by atoms with Crippen LogP contribution in [0.5, 0.6) is 0 Å². The maximum absolute atomic E-state index is 12.8. The van der Waals surface area contributed by atoms with Crippen LogP contribution in [-0.2, 0) is 4.79 Å². The summed E-state index contributed by atoms with van der Waals surface area (Å²) in [5.41, 5.74) is 4.30. The van der Waals surface area contributed by atoms with Crippen LogP contribution in [0, 0.1) is 13.8 Å². The van der Waals surface area contributed by atoms with E-state index in [0.717, 1.165) is 48.4 Å². The number of hydrogen-bond acceptors (Lipinski definition) is 3. The molecule has 27 heavy (non-hydrogen) atoms. The van der Waals surface area contributed by atoms with Gasteiger partial charge in [0.2, 0.25) is 5.91 Å². The number of piperidine rings is 1. The van der Waals surface area contributed by atoms with Crippen molar-refractivity contribution in [1.82, 2.24) is 24.6 Å². The topological polar surface area (TPSA) is 66.8 Å². The highest BCUT2D eigenvalue weighted by Gasteiger charge is 2.26. The van der Waals surface area contributed by atoms with Crippen molar-refractivity contribution in [2.45, 2.75) is 52.0 Å². The van der Waals surface area contributed by atoms with E-state index in [2.05, 4.69) is 40.2 Å². The molecule has 1 saturated heterocycles. The molecule has 6 nitrogen and oxygen atoms in total. The lowest BCUT2D eigenvalue weighted by atomic mass is 9.93. The Morgan fingerprint density at radius 1 is 1.30 bits per heavy atom. The molecule has 1 amide bonds. The third-order valence-electron chi connectivity index (χ3n) is 5.63. The van der Waals surface area contributed by atoms with E-state index in [9.17, 15) is 4.79 Å². The second-order valence-electron chi connectivity index (χ2n) is 7.75. The minimum Gasteiger partial charge on any atom is -0.343 e. The number of likely N-dealkylation sites (tertiary alicyclic amines) is 1. The zero-order valence-electron chi connectivity index (χ0n) is 16.3. The van der Waals surface area contributed by atoms with E-state index in [1.54, 1.807) is 0 Å². The predicted octanol–water partition coefficient (Wildman–Crippen LogP) is 3.73. The molecule has 0 aliphatic carbocycles. The van der Waals surface area contributed by atoms with Crippen LogP contribution in [0.3, 0.4) is 0 Å². The van der Waals surface area contributed by atoms with Gasteiger partial charge in [-0.3, -0.25) is 9.48 Å². The van der Waals surface area contributed by atoms with Gasteiger partial charge in [-0.1, -0.05) is 0 Å². The Morgan fingerprint density at radius 3 is 2.74 bits per heavy atom. The summed E-state index contributed by atoms with van der Waals surface area (Å²) in [4.78, 5) is 22.6. The Bertz CT molecular complexity index is 916. The van der Waals surface area contributed by atoms with Crippen molar-refractivity contribution in [3.8, 4) is 0 Å². The fourth-order valence-corrected chi connectivity index (χ4v) is 4.20. The van der Waals surface area contributed by atoms with Crippen molar-refractivity contribution < 1.29 is 4.79 Å². The zero-order valence-corrected chi connectivity index (χ0v) is 16.3. The van der Waals surface area contributed by atoms with Crippen molar-refractivity contribution in [2.24, 2.45) is 0 Å². The van der Waals surface area contributed by atoms with Gasteiger partial charge in [0.05, 0.1) is 11.7 Å². The summed E-state index contributed by atoms with van der Waals surface area (Å²) >= 11 is 0. The summed E-state index contributed by atoms with van der Waals surface area (Å²) in [6, 6.07) is 8.40. The van der Waals surface area contributed by atoms with E-state index in [4.69, 9.17) is 0 Å². The first-order valence-corrected chi connectivity index (χ1v) is 9.75. The van der Waals surface area contributed by atoms with Crippen LogP contribution in [0.15, 0.2) is 30.5 Å². The number of rotatable bonds is 4. The zero-order chi connectivity index (χ0) is 19.0. The van der Waals surface area contributed by atoms with Gasteiger partial charge in [-0.2, -0.15) is 5.10 Å². The van der Waals surface area contributed by atoms with Crippen LogP contribution in [0.2, 0.25) is 0 Å². The molecule has 0 unspecified atom stereocenters. The number of fused-ring (bicyclic) bond motifs is 1. The van der Waals surface area contributed by atoms with Gasteiger partial charge in [0.25, 0.3) is 0 Å². The highest BCUT2D eigenvalue weighted by atomic mass is 16.2. The standard InChI is InChI=1S/C21H27N5O/c1-14-11-15(2)26(24-14)16(3)12-20(27)25-9-6-17(7-10-25)19-13-18-5-4-8-22-21(18)23-19/h4-5,8,11,13,16-17H,6-7,9-10,12H2,1-3H3,(H,22,23)/t16-/m0/s1. The first kappa shape index (κ1) is 17.8. The molecule has 6 heteroatoms. The number of nitrogens with zero attached hydrogens (tertiary/aromatic N) is 4. The quantitative estimate of drug-likeness (QED) is 0.766. The number of hydrogen-bond donors (Lipinski definition) is 1. The van der Waals surface area contributed by atoms with Crippen LogP contribution < -0.4 is 0 Å². The van der Waals surface area contributed by atoms with Crippen LogP contribution in [-0.4, -0.2) is 43.6 Å². The van der Waals surface area contributed by atoms with Crippen molar-refractivity contribution in [3.05, 3.63) is 47.5 Å². The molecule has 0 radical (unpaired) electrons. The molecule has 3 aromatic heterocycles. The summed E-state index contributed by atoms with van der Waals surface area (Å²) in [5.74, 6) is 0.698. The lowest BCUT2D eigenvalue weighted by Crippen LogP contribution is -2.38. The molecule has 0 aromatic carbocycles. The van der Waals surface area contributed by atoms with E-state index in [1.807, 2.05) is 35.7 Å². The van der Waals surface area contributed by atoms with Gasteiger partial charge in [0.1, 0.15) is 5.65 Å². The minimum atomic E-state index is 0.0868. The number of aromatic amines is 1. The molecule has 1 aliphatic heterocycles. The molecule has 1 N–H and O–H groups in total. The molecule has 3 aromatic rings. The molecule has 4 rings (SSSR count). The average molecular weight is 365 g/mol. The van der Waals surface area contributed by atoms with E-state index < -0.39 is 0 Å². The molecule has 0 bridgehead atoms. The first-order chi connectivity index (χ1) is 13.0. The van der Waals surface area contributed by atoms with Crippen molar-refractivity contribution in [3.63, 3.8) is 0 Å². The Labute approximate surface area is 159 Å². The van der Waals surface area contributed by atoms with Crippen molar-refractivity contribution in [2.75, 3.05) is 13.1 Å². The number of nitrogens with one attached hydrogen (secondary N) is 1. The highest BCUT2D eigenvalue weighted by Crippen LogP contribution is 2.30.